The molecule has 130 valence electrons. The number of aromatic amines is 1. The van der Waals surface area contributed by atoms with Crippen molar-refractivity contribution in [1.82, 2.24) is 9.97 Å². The lowest BCUT2D eigenvalue weighted by Gasteiger charge is -2.25. The number of hydrogen-bond acceptors (Lipinski definition) is 6. The van der Waals surface area contributed by atoms with Crippen molar-refractivity contribution in [3.63, 3.8) is 0 Å². The zero-order valence-corrected chi connectivity index (χ0v) is 14.6. The van der Waals surface area contributed by atoms with Crippen LogP contribution in [0.15, 0.2) is 27.4 Å². The third kappa shape index (κ3) is 4.64. The van der Waals surface area contributed by atoms with E-state index in [9.17, 15) is 9.59 Å². The van der Waals surface area contributed by atoms with Crippen molar-refractivity contribution in [1.29, 1.82) is 0 Å². The first-order valence-corrected chi connectivity index (χ1v) is 8.90. The number of aliphatic carboxylic acids is 1. The molecular formula is C16H22N4O3S. The Morgan fingerprint density at radius 1 is 1.50 bits per heavy atom. The van der Waals surface area contributed by atoms with E-state index < -0.39 is 5.97 Å². The van der Waals surface area contributed by atoms with Gasteiger partial charge in [0.25, 0.3) is 5.56 Å². The maximum absolute atomic E-state index is 12.0. The summed E-state index contributed by atoms with van der Waals surface area (Å²) in [5.74, 6) is 0.0724. The highest BCUT2D eigenvalue weighted by atomic mass is 32.2. The van der Waals surface area contributed by atoms with Gasteiger partial charge < -0.3 is 16.2 Å². The minimum atomic E-state index is -0.950. The van der Waals surface area contributed by atoms with Crippen molar-refractivity contribution in [2.24, 2.45) is 5.92 Å². The summed E-state index contributed by atoms with van der Waals surface area (Å²) in [6.45, 7) is 2.66. The largest absolute Gasteiger partial charge is 0.478 e. The Balaban J connectivity index is 2.03. The number of aromatic nitrogens is 2. The molecule has 24 heavy (non-hydrogen) atoms. The van der Waals surface area contributed by atoms with Crippen molar-refractivity contribution in [2.45, 2.75) is 26.2 Å². The third-order valence-corrected chi connectivity index (χ3v) is 5.05. The van der Waals surface area contributed by atoms with Crippen LogP contribution in [-0.2, 0) is 11.2 Å². The predicted octanol–water partition coefficient (Wildman–Crippen LogP) is 1.99. The van der Waals surface area contributed by atoms with Crippen molar-refractivity contribution in [3.8, 4) is 0 Å². The summed E-state index contributed by atoms with van der Waals surface area (Å²) in [4.78, 5) is 30.4. The zero-order valence-electron chi connectivity index (χ0n) is 13.8. The van der Waals surface area contributed by atoms with Crippen LogP contribution in [0.25, 0.3) is 0 Å². The highest BCUT2D eigenvalue weighted by Crippen LogP contribution is 2.29. The van der Waals surface area contributed by atoms with E-state index in [1.165, 1.54) is 0 Å². The van der Waals surface area contributed by atoms with Gasteiger partial charge in [0.2, 0.25) is 5.95 Å². The molecule has 1 unspecified atom stereocenters. The molecule has 1 aliphatic rings. The number of carboxylic acid groups (broad SMARTS) is 1. The van der Waals surface area contributed by atoms with E-state index >= 15 is 0 Å². The predicted molar refractivity (Wildman–Crippen MR) is 97.2 cm³/mol. The molecule has 0 aromatic carbocycles. The Bertz CT molecular complexity index is 739. The molecule has 2 rings (SSSR count). The number of H-pyrrole nitrogens is 1. The maximum Gasteiger partial charge on any atom is 0.328 e. The molecule has 2 heterocycles. The van der Waals surface area contributed by atoms with Crippen LogP contribution in [0.4, 0.5) is 11.8 Å². The van der Waals surface area contributed by atoms with Gasteiger partial charge in [-0.2, -0.15) is 4.98 Å². The molecule has 0 spiro atoms. The molecule has 0 radical (unpaired) electrons. The standard InChI is InChI=1S/C16H22N4O3S/c1-9(3-6-13(21)22)12(24-2)5-4-10-7-11-14(18-8-10)19-16(17)20-15(11)23/h3,6,10H,4-5,7-8H2,1-2H3,(H,21,22)(H4,17,18,19,20,23)/b6-3+,12-9-. The lowest BCUT2D eigenvalue weighted by molar-refractivity contribution is -0.131. The first kappa shape index (κ1) is 18.1. The fourth-order valence-corrected chi connectivity index (χ4v) is 3.45. The van der Waals surface area contributed by atoms with E-state index in [-0.39, 0.29) is 11.5 Å². The van der Waals surface area contributed by atoms with E-state index in [0.717, 1.165) is 35.9 Å². The fraction of sp³-hybridized carbons (Fsp3) is 0.438. The fourth-order valence-electron chi connectivity index (χ4n) is 2.74. The molecule has 0 aliphatic carbocycles. The summed E-state index contributed by atoms with van der Waals surface area (Å²) in [5.41, 5.74) is 6.98. The molecule has 0 amide bonds. The number of hydrogen-bond donors (Lipinski definition) is 4. The average Bonchev–Trinajstić information content (AvgIpc) is 2.53. The van der Waals surface area contributed by atoms with Gasteiger partial charge >= 0.3 is 5.97 Å². The van der Waals surface area contributed by atoms with Gasteiger partial charge in [0, 0.05) is 12.6 Å². The molecule has 0 bridgehead atoms. The molecule has 1 aromatic rings. The van der Waals surface area contributed by atoms with E-state index in [1.54, 1.807) is 17.8 Å². The molecule has 8 heteroatoms. The molecule has 0 saturated heterocycles. The van der Waals surface area contributed by atoms with E-state index in [2.05, 4.69) is 15.3 Å². The molecule has 1 aliphatic heterocycles. The Morgan fingerprint density at radius 3 is 2.92 bits per heavy atom. The number of rotatable bonds is 6. The molecule has 5 N–H and O–H groups in total. The molecular weight excluding hydrogens is 328 g/mol. The van der Waals surface area contributed by atoms with Gasteiger partial charge in [0.1, 0.15) is 5.82 Å². The van der Waals surface area contributed by atoms with Gasteiger partial charge in [-0.3, -0.25) is 9.78 Å². The first-order chi connectivity index (χ1) is 11.4. The summed E-state index contributed by atoms with van der Waals surface area (Å²) in [6, 6.07) is 0. The van der Waals surface area contributed by atoms with Gasteiger partial charge in [-0.1, -0.05) is 6.08 Å². The second-order valence-electron chi connectivity index (χ2n) is 5.75. The lowest BCUT2D eigenvalue weighted by Crippen LogP contribution is -2.30. The van der Waals surface area contributed by atoms with Gasteiger partial charge in [-0.15, -0.1) is 11.8 Å². The summed E-state index contributed by atoms with van der Waals surface area (Å²) in [6.07, 6.45) is 7.18. The average molecular weight is 350 g/mol. The number of nitrogens with one attached hydrogen (secondary N) is 2. The van der Waals surface area contributed by atoms with E-state index in [0.29, 0.717) is 23.7 Å². The first-order valence-electron chi connectivity index (χ1n) is 7.68. The number of anilines is 2. The monoisotopic (exact) mass is 350 g/mol. The third-order valence-electron chi connectivity index (χ3n) is 4.03. The minimum Gasteiger partial charge on any atom is -0.478 e. The normalized spacial score (nSPS) is 18.0. The van der Waals surface area contributed by atoms with Crippen LogP contribution in [0, 0.1) is 5.92 Å². The van der Waals surface area contributed by atoms with Crippen LogP contribution < -0.4 is 16.6 Å². The van der Waals surface area contributed by atoms with Crippen LogP contribution in [0.2, 0.25) is 0 Å². The zero-order chi connectivity index (χ0) is 17.7. The number of carbonyl (C=O) groups is 1. The Labute approximate surface area is 144 Å². The molecule has 7 nitrogen and oxygen atoms in total. The topological polar surface area (TPSA) is 121 Å². The quantitative estimate of drug-likeness (QED) is 0.457. The molecule has 1 atom stereocenters. The van der Waals surface area contributed by atoms with Crippen LogP contribution in [0.5, 0.6) is 0 Å². The summed E-state index contributed by atoms with van der Waals surface area (Å²) in [7, 11) is 0. The van der Waals surface area contributed by atoms with E-state index in [1.807, 2.05) is 13.2 Å². The van der Waals surface area contributed by atoms with Gasteiger partial charge in [-0.05, 0) is 48.8 Å². The number of nitrogens with two attached hydrogens (primary N) is 1. The summed E-state index contributed by atoms with van der Waals surface area (Å²) < 4.78 is 0. The van der Waals surface area contributed by atoms with Gasteiger partial charge in [0.05, 0.1) is 5.56 Å². The Hall–Kier alpha value is -2.22. The minimum absolute atomic E-state index is 0.123. The smallest absolute Gasteiger partial charge is 0.328 e. The van der Waals surface area contributed by atoms with Crippen molar-refractivity contribution in [3.05, 3.63) is 38.5 Å². The van der Waals surface area contributed by atoms with E-state index in [4.69, 9.17) is 10.8 Å². The Morgan fingerprint density at radius 2 is 2.25 bits per heavy atom. The summed E-state index contributed by atoms with van der Waals surface area (Å²) >= 11 is 1.63. The van der Waals surface area contributed by atoms with Gasteiger partial charge in [0.15, 0.2) is 0 Å². The lowest BCUT2D eigenvalue weighted by atomic mass is 9.92. The maximum atomic E-state index is 12.0. The molecule has 0 saturated carbocycles. The van der Waals surface area contributed by atoms with Gasteiger partial charge in [-0.25, -0.2) is 4.79 Å². The number of carboxylic acids is 1. The number of allylic oxidation sites excluding steroid dienone is 3. The van der Waals surface area contributed by atoms with Crippen molar-refractivity contribution >= 4 is 29.5 Å². The number of nitrogen functional groups attached to an aromatic ring is 1. The van der Waals surface area contributed by atoms with Crippen LogP contribution >= 0.6 is 11.8 Å². The second kappa shape index (κ2) is 8.05. The SMILES string of the molecule is CS/C(CCC1CNc2nc(N)[nH]c(=O)c2C1)=C(C)\C=C\C(=O)O. The number of fused-ring (bicyclic) bond motifs is 1. The molecule has 1 aromatic heterocycles. The van der Waals surface area contributed by atoms with Crippen molar-refractivity contribution in [2.75, 3.05) is 23.9 Å². The second-order valence-corrected chi connectivity index (χ2v) is 6.65. The highest BCUT2D eigenvalue weighted by molar-refractivity contribution is 8.02. The van der Waals surface area contributed by atoms with Crippen molar-refractivity contribution < 1.29 is 9.90 Å². The molecule has 0 fully saturated rings. The number of nitrogens with zero attached hydrogens (tertiary/aromatic N) is 1. The van der Waals surface area contributed by atoms with Crippen LogP contribution in [-0.4, -0.2) is 33.8 Å². The highest BCUT2D eigenvalue weighted by Gasteiger charge is 2.22. The number of thioether (sulfide) groups is 1. The van der Waals surface area contributed by atoms with Crippen LogP contribution in [0.1, 0.15) is 25.3 Å². The Kier molecular flexibility index (Phi) is 6.08. The van der Waals surface area contributed by atoms with Crippen LogP contribution in [0.3, 0.4) is 0 Å². The summed E-state index contributed by atoms with van der Waals surface area (Å²) in [5, 5.41) is 11.9.